The normalized spacial score (nSPS) is 20.8. The minimum Gasteiger partial charge on any atom is -0.330 e. The summed E-state index contributed by atoms with van der Waals surface area (Å²) >= 11 is 0. The number of nitrogens with two attached hydrogens (primary N) is 1. The molecule has 0 radical (unpaired) electrons. The number of nitrogens with zero attached hydrogens (tertiary/aromatic N) is 1. The van der Waals surface area contributed by atoms with Gasteiger partial charge >= 0.3 is 0 Å². The van der Waals surface area contributed by atoms with Crippen LogP contribution in [0.25, 0.3) is 0 Å². The van der Waals surface area contributed by atoms with Crippen molar-refractivity contribution in [3.05, 3.63) is 0 Å². The molecule has 8 heteroatoms. The Kier molecular flexibility index (Phi) is 6.22. The van der Waals surface area contributed by atoms with E-state index < -0.39 is 25.1 Å². The number of rotatable bonds is 7. The number of hydrogen-bond donors (Lipinski definition) is 1. The molecule has 1 heterocycles. The lowest BCUT2D eigenvalue weighted by Crippen LogP contribution is -2.41. The van der Waals surface area contributed by atoms with Gasteiger partial charge in [-0.3, -0.25) is 0 Å². The fraction of sp³-hybridized carbons (Fsp3) is 1.00. The van der Waals surface area contributed by atoms with Crippen molar-refractivity contribution in [1.82, 2.24) is 4.31 Å². The Balaban J connectivity index is 2.51. The van der Waals surface area contributed by atoms with Crippen LogP contribution < -0.4 is 5.73 Å². The predicted octanol–water partition coefficient (Wildman–Crippen LogP) is -0.0458. The van der Waals surface area contributed by atoms with E-state index in [-0.39, 0.29) is 24.3 Å². The molecule has 1 aliphatic rings. The molecule has 19 heavy (non-hydrogen) atoms. The average Bonchev–Trinajstić information content (AvgIpc) is 2.33. The second kappa shape index (κ2) is 7.01. The van der Waals surface area contributed by atoms with Gasteiger partial charge in [0.2, 0.25) is 10.0 Å². The standard InChI is InChI=1S/C11H24N2O4S2/c1-13(8-4-2-3-7-12)19(16,17)11-5-9-18(14,15)10-6-11/h11H,2-10,12H2,1H3. The Morgan fingerprint density at radius 3 is 2.26 bits per heavy atom. The highest BCUT2D eigenvalue weighted by Crippen LogP contribution is 2.21. The van der Waals surface area contributed by atoms with Crippen LogP contribution in [0.3, 0.4) is 0 Å². The Morgan fingerprint density at radius 2 is 1.74 bits per heavy atom. The third-order valence-corrected chi connectivity index (χ3v) is 7.62. The number of unbranched alkanes of at least 4 members (excludes halogenated alkanes) is 2. The third kappa shape index (κ3) is 5.02. The monoisotopic (exact) mass is 312 g/mol. The van der Waals surface area contributed by atoms with Crippen molar-refractivity contribution >= 4 is 19.9 Å². The van der Waals surface area contributed by atoms with Crippen LogP contribution in [0.15, 0.2) is 0 Å². The molecule has 1 saturated heterocycles. The minimum atomic E-state index is -3.36. The van der Waals surface area contributed by atoms with Crippen LogP contribution >= 0.6 is 0 Å². The van der Waals surface area contributed by atoms with Crippen LogP contribution in [0.2, 0.25) is 0 Å². The Bertz CT molecular complexity index is 459. The Morgan fingerprint density at radius 1 is 1.16 bits per heavy atom. The van der Waals surface area contributed by atoms with Gasteiger partial charge in [-0.15, -0.1) is 0 Å². The third-order valence-electron chi connectivity index (χ3n) is 3.53. The molecule has 0 aromatic carbocycles. The van der Waals surface area contributed by atoms with E-state index in [0.29, 0.717) is 13.1 Å². The van der Waals surface area contributed by atoms with Crippen molar-refractivity contribution in [3.63, 3.8) is 0 Å². The topological polar surface area (TPSA) is 97.5 Å². The average molecular weight is 312 g/mol. The van der Waals surface area contributed by atoms with Gasteiger partial charge in [-0.05, 0) is 32.2 Å². The van der Waals surface area contributed by atoms with Gasteiger partial charge in [0.05, 0.1) is 16.8 Å². The van der Waals surface area contributed by atoms with Crippen molar-refractivity contribution in [2.75, 3.05) is 31.6 Å². The molecule has 6 nitrogen and oxygen atoms in total. The summed E-state index contributed by atoms with van der Waals surface area (Å²) in [5.74, 6) is -0.0319. The molecule has 1 fully saturated rings. The van der Waals surface area contributed by atoms with Crippen molar-refractivity contribution in [2.45, 2.75) is 37.4 Å². The van der Waals surface area contributed by atoms with Gasteiger partial charge in [-0.25, -0.2) is 21.1 Å². The van der Waals surface area contributed by atoms with Crippen LogP contribution in [0, 0.1) is 0 Å². The highest BCUT2D eigenvalue weighted by atomic mass is 32.2. The molecular formula is C11H24N2O4S2. The lowest BCUT2D eigenvalue weighted by atomic mass is 10.2. The number of sulfonamides is 1. The molecule has 0 amide bonds. The summed E-state index contributed by atoms with van der Waals surface area (Å²) < 4.78 is 48.5. The first-order valence-corrected chi connectivity index (χ1v) is 9.98. The van der Waals surface area contributed by atoms with Crippen LogP contribution in [0.5, 0.6) is 0 Å². The Hall–Kier alpha value is -0.180. The van der Waals surface area contributed by atoms with Gasteiger partial charge in [-0.2, -0.15) is 0 Å². The van der Waals surface area contributed by atoms with Gasteiger partial charge in [0.25, 0.3) is 0 Å². The molecule has 114 valence electrons. The number of sulfone groups is 1. The van der Waals surface area contributed by atoms with E-state index in [9.17, 15) is 16.8 Å². The summed E-state index contributed by atoms with van der Waals surface area (Å²) in [4.78, 5) is 0. The lowest BCUT2D eigenvalue weighted by Gasteiger charge is -2.27. The summed E-state index contributed by atoms with van der Waals surface area (Å²) in [5, 5.41) is -0.546. The van der Waals surface area contributed by atoms with Crippen LogP contribution in [0.4, 0.5) is 0 Å². The summed E-state index contributed by atoms with van der Waals surface area (Å²) in [6.07, 6.45) is 3.04. The van der Waals surface area contributed by atoms with Gasteiger partial charge in [0, 0.05) is 13.6 Å². The van der Waals surface area contributed by atoms with E-state index in [1.807, 2.05) is 0 Å². The van der Waals surface area contributed by atoms with Crippen LogP contribution in [-0.4, -0.2) is 58.0 Å². The molecule has 0 unspecified atom stereocenters. The first-order valence-electron chi connectivity index (χ1n) is 6.65. The molecule has 0 aromatic rings. The zero-order valence-corrected chi connectivity index (χ0v) is 13.0. The van der Waals surface area contributed by atoms with Gasteiger partial charge in [-0.1, -0.05) is 6.42 Å². The smallest absolute Gasteiger partial charge is 0.216 e. The molecular weight excluding hydrogens is 288 g/mol. The van der Waals surface area contributed by atoms with Crippen LogP contribution in [-0.2, 0) is 19.9 Å². The SMILES string of the molecule is CN(CCCCCN)S(=O)(=O)C1CCS(=O)(=O)CC1. The van der Waals surface area contributed by atoms with Crippen molar-refractivity contribution in [2.24, 2.45) is 5.73 Å². The van der Waals surface area contributed by atoms with E-state index in [4.69, 9.17) is 5.73 Å². The van der Waals surface area contributed by atoms with Gasteiger partial charge in [0.15, 0.2) is 0 Å². The summed E-state index contributed by atoms with van der Waals surface area (Å²) in [6.45, 7) is 1.10. The molecule has 0 aromatic heterocycles. The van der Waals surface area contributed by atoms with E-state index in [2.05, 4.69) is 0 Å². The maximum absolute atomic E-state index is 12.3. The van der Waals surface area contributed by atoms with Gasteiger partial charge < -0.3 is 5.73 Å². The Labute approximate surface area is 116 Å². The maximum Gasteiger partial charge on any atom is 0.216 e. The molecule has 0 saturated carbocycles. The molecule has 2 N–H and O–H groups in total. The van der Waals surface area contributed by atoms with Crippen molar-refractivity contribution in [1.29, 1.82) is 0 Å². The van der Waals surface area contributed by atoms with E-state index in [0.717, 1.165) is 19.3 Å². The molecule has 1 aliphatic heterocycles. The first-order chi connectivity index (χ1) is 8.79. The fourth-order valence-corrected chi connectivity index (χ4v) is 5.72. The van der Waals surface area contributed by atoms with Gasteiger partial charge in [0.1, 0.15) is 9.84 Å². The van der Waals surface area contributed by atoms with E-state index in [1.165, 1.54) is 4.31 Å². The van der Waals surface area contributed by atoms with E-state index >= 15 is 0 Å². The van der Waals surface area contributed by atoms with Crippen molar-refractivity contribution in [3.8, 4) is 0 Å². The number of hydrogen-bond acceptors (Lipinski definition) is 5. The molecule has 0 atom stereocenters. The lowest BCUT2D eigenvalue weighted by molar-refractivity contribution is 0.438. The van der Waals surface area contributed by atoms with Crippen molar-refractivity contribution < 1.29 is 16.8 Å². The zero-order chi connectivity index (χ0) is 14.5. The summed E-state index contributed by atoms with van der Waals surface area (Å²) in [6, 6.07) is 0. The van der Waals surface area contributed by atoms with E-state index in [1.54, 1.807) is 7.05 Å². The second-order valence-electron chi connectivity index (χ2n) is 5.07. The largest absolute Gasteiger partial charge is 0.330 e. The summed E-state index contributed by atoms with van der Waals surface area (Å²) in [7, 11) is -4.81. The molecule has 0 aliphatic carbocycles. The molecule has 0 spiro atoms. The first kappa shape index (κ1) is 16.9. The summed E-state index contributed by atoms with van der Waals surface area (Å²) in [5.41, 5.74) is 5.38. The maximum atomic E-state index is 12.3. The highest BCUT2D eigenvalue weighted by Gasteiger charge is 2.34. The molecule has 0 bridgehead atoms. The van der Waals surface area contributed by atoms with Crippen LogP contribution in [0.1, 0.15) is 32.1 Å². The fourth-order valence-electron chi connectivity index (χ4n) is 2.20. The second-order valence-corrected chi connectivity index (χ2v) is 9.69. The predicted molar refractivity (Wildman–Crippen MR) is 76.1 cm³/mol. The minimum absolute atomic E-state index is 0.0160. The molecule has 1 rings (SSSR count). The zero-order valence-electron chi connectivity index (χ0n) is 11.4. The quantitative estimate of drug-likeness (QED) is 0.665. The highest BCUT2D eigenvalue weighted by molar-refractivity contribution is 7.92.